The Kier molecular flexibility index (Phi) is 5.06. The first kappa shape index (κ1) is 11.6. The Labute approximate surface area is 77.8 Å². The van der Waals surface area contributed by atoms with Crippen molar-refractivity contribution >= 4 is 0 Å². The second-order valence-corrected chi connectivity index (χ2v) is 4.26. The van der Waals surface area contributed by atoms with E-state index in [2.05, 4.69) is 33.6 Å². The predicted molar refractivity (Wildman–Crippen MR) is 55.9 cm³/mol. The fourth-order valence-electron chi connectivity index (χ4n) is 1.57. The van der Waals surface area contributed by atoms with E-state index in [0.717, 1.165) is 12.3 Å². The van der Waals surface area contributed by atoms with Gasteiger partial charge in [0.05, 0.1) is 0 Å². The van der Waals surface area contributed by atoms with Crippen LogP contribution in [0.5, 0.6) is 0 Å². The van der Waals surface area contributed by atoms with E-state index < -0.39 is 0 Å². The van der Waals surface area contributed by atoms with Crippen LogP contribution in [0.15, 0.2) is 0 Å². The van der Waals surface area contributed by atoms with Crippen LogP contribution in [0.1, 0.15) is 53.4 Å². The van der Waals surface area contributed by atoms with Gasteiger partial charge in [-0.15, -0.1) is 12.3 Å². The first-order chi connectivity index (χ1) is 5.58. The van der Waals surface area contributed by atoms with E-state index in [0.29, 0.717) is 5.41 Å². The topological polar surface area (TPSA) is 0 Å². The summed E-state index contributed by atoms with van der Waals surface area (Å²) in [6.45, 7) is 9.10. The maximum atomic E-state index is 5.36. The molecule has 70 valence electrons. The molecule has 0 aliphatic heterocycles. The quantitative estimate of drug-likeness (QED) is 0.544. The van der Waals surface area contributed by atoms with Crippen molar-refractivity contribution in [2.45, 2.75) is 53.4 Å². The maximum Gasteiger partial charge on any atom is 0.0140 e. The van der Waals surface area contributed by atoms with E-state index in [1.54, 1.807) is 0 Å². The fraction of sp³-hybridized carbons (Fsp3) is 0.833. The number of terminal acetylenes is 1. The molecule has 0 spiro atoms. The highest BCUT2D eigenvalue weighted by molar-refractivity contribution is 4.92. The summed E-state index contributed by atoms with van der Waals surface area (Å²) in [5, 5.41) is 0. The Hall–Kier alpha value is -0.440. The van der Waals surface area contributed by atoms with Crippen molar-refractivity contribution in [1.82, 2.24) is 0 Å². The average molecular weight is 166 g/mol. The van der Waals surface area contributed by atoms with Crippen molar-refractivity contribution < 1.29 is 0 Å². The van der Waals surface area contributed by atoms with Gasteiger partial charge in [0.2, 0.25) is 0 Å². The zero-order valence-corrected chi connectivity index (χ0v) is 8.98. The third kappa shape index (κ3) is 3.81. The van der Waals surface area contributed by atoms with Gasteiger partial charge in [0.25, 0.3) is 0 Å². The SMILES string of the molecule is C#CCC(C)(CC)CC(C)CC. The van der Waals surface area contributed by atoms with Crippen LogP contribution in [0.25, 0.3) is 0 Å². The van der Waals surface area contributed by atoms with Crippen LogP contribution in [0.4, 0.5) is 0 Å². The zero-order valence-electron chi connectivity index (χ0n) is 8.98. The molecule has 0 aromatic heterocycles. The Morgan fingerprint density at radius 2 is 2.00 bits per heavy atom. The molecule has 0 amide bonds. The predicted octanol–water partition coefficient (Wildman–Crippen LogP) is 3.86. The van der Waals surface area contributed by atoms with Crippen LogP contribution in [-0.2, 0) is 0 Å². The van der Waals surface area contributed by atoms with E-state index in [9.17, 15) is 0 Å². The van der Waals surface area contributed by atoms with Gasteiger partial charge in [-0.1, -0.05) is 34.1 Å². The molecule has 2 atom stereocenters. The molecule has 0 saturated heterocycles. The zero-order chi connectivity index (χ0) is 9.61. The summed E-state index contributed by atoms with van der Waals surface area (Å²) in [4.78, 5) is 0. The van der Waals surface area contributed by atoms with Gasteiger partial charge in [0.1, 0.15) is 0 Å². The van der Waals surface area contributed by atoms with Gasteiger partial charge in [-0.3, -0.25) is 0 Å². The molecule has 0 nitrogen and oxygen atoms in total. The minimum Gasteiger partial charge on any atom is -0.120 e. The Morgan fingerprint density at radius 3 is 2.33 bits per heavy atom. The summed E-state index contributed by atoms with van der Waals surface area (Å²) in [7, 11) is 0. The molecule has 12 heavy (non-hydrogen) atoms. The minimum atomic E-state index is 0.379. The molecule has 0 aliphatic rings. The van der Waals surface area contributed by atoms with Crippen LogP contribution >= 0.6 is 0 Å². The van der Waals surface area contributed by atoms with Gasteiger partial charge in [0, 0.05) is 6.42 Å². The Bertz CT molecular complexity index is 152. The number of rotatable bonds is 5. The Balaban J connectivity index is 4.05. The van der Waals surface area contributed by atoms with Crippen molar-refractivity contribution in [3.8, 4) is 12.3 Å². The highest BCUT2D eigenvalue weighted by atomic mass is 14.3. The largest absolute Gasteiger partial charge is 0.120 e. The maximum absolute atomic E-state index is 5.36. The molecular weight excluding hydrogens is 144 g/mol. The van der Waals surface area contributed by atoms with Crippen LogP contribution in [0.2, 0.25) is 0 Å². The van der Waals surface area contributed by atoms with E-state index >= 15 is 0 Å². The summed E-state index contributed by atoms with van der Waals surface area (Å²) in [6.07, 6.45) is 10.0. The molecule has 0 N–H and O–H groups in total. The first-order valence-electron chi connectivity index (χ1n) is 5.01. The van der Waals surface area contributed by atoms with Gasteiger partial charge in [0.15, 0.2) is 0 Å². The lowest BCUT2D eigenvalue weighted by Gasteiger charge is -2.28. The molecule has 0 heteroatoms. The summed E-state index contributed by atoms with van der Waals surface area (Å²) < 4.78 is 0. The second-order valence-electron chi connectivity index (χ2n) is 4.26. The van der Waals surface area contributed by atoms with Gasteiger partial charge in [-0.2, -0.15) is 0 Å². The third-order valence-corrected chi connectivity index (χ3v) is 2.92. The average Bonchev–Trinajstić information content (AvgIpc) is 2.05. The summed E-state index contributed by atoms with van der Waals surface area (Å²) in [6, 6.07) is 0. The van der Waals surface area contributed by atoms with Crippen LogP contribution in [0.3, 0.4) is 0 Å². The molecule has 0 aromatic carbocycles. The molecule has 0 heterocycles. The van der Waals surface area contributed by atoms with Crippen LogP contribution in [0, 0.1) is 23.7 Å². The lowest BCUT2D eigenvalue weighted by atomic mass is 9.76. The minimum absolute atomic E-state index is 0.379. The number of hydrogen-bond donors (Lipinski definition) is 0. The lowest BCUT2D eigenvalue weighted by molar-refractivity contribution is 0.241. The van der Waals surface area contributed by atoms with E-state index in [4.69, 9.17) is 6.42 Å². The van der Waals surface area contributed by atoms with E-state index in [-0.39, 0.29) is 0 Å². The van der Waals surface area contributed by atoms with Crippen LogP contribution in [-0.4, -0.2) is 0 Å². The van der Waals surface area contributed by atoms with Gasteiger partial charge in [-0.05, 0) is 24.2 Å². The normalized spacial score (nSPS) is 17.9. The standard InChI is InChI=1S/C12H22/c1-6-9-12(5,8-3)10-11(4)7-2/h1,11H,7-10H2,2-5H3. The van der Waals surface area contributed by atoms with Crippen molar-refractivity contribution in [2.75, 3.05) is 0 Å². The molecule has 0 bridgehead atoms. The highest BCUT2D eigenvalue weighted by Crippen LogP contribution is 2.33. The molecule has 0 aliphatic carbocycles. The molecule has 0 saturated carbocycles. The van der Waals surface area contributed by atoms with Crippen LogP contribution < -0.4 is 0 Å². The highest BCUT2D eigenvalue weighted by Gasteiger charge is 2.22. The molecular formula is C12H22. The Morgan fingerprint density at radius 1 is 1.42 bits per heavy atom. The second kappa shape index (κ2) is 5.25. The monoisotopic (exact) mass is 166 g/mol. The summed E-state index contributed by atoms with van der Waals surface area (Å²) >= 11 is 0. The van der Waals surface area contributed by atoms with Gasteiger partial charge < -0.3 is 0 Å². The first-order valence-corrected chi connectivity index (χ1v) is 5.01. The van der Waals surface area contributed by atoms with Gasteiger partial charge >= 0.3 is 0 Å². The summed E-state index contributed by atoms with van der Waals surface area (Å²) in [5.41, 5.74) is 0.379. The molecule has 0 aromatic rings. The van der Waals surface area contributed by atoms with E-state index in [1.165, 1.54) is 19.3 Å². The van der Waals surface area contributed by atoms with Crippen molar-refractivity contribution in [3.63, 3.8) is 0 Å². The van der Waals surface area contributed by atoms with Crippen molar-refractivity contribution in [3.05, 3.63) is 0 Å². The number of hydrogen-bond acceptors (Lipinski definition) is 0. The van der Waals surface area contributed by atoms with E-state index in [1.807, 2.05) is 0 Å². The molecule has 2 unspecified atom stereocenters. The van der Waals surface area contributed by atoms with Crippen molar-refractivity contribution in [1.29, 1.82) is 0 Å². The van der Waals surface area contributed by atoms with Gasteiger partial charge in [-0.25, -0.2) is 0 Å². The molecule has 0 radical (unpaired) electrons. The molecule has 0 fully saturated rings. The summed E-state index contributed by atoms with van der Waals surface area (Å²) in [5.74, 6) is 3.60. The smallest absolute Gasteiger partial charge is 0.0140 e. The van der Waals surface area contributed by atoms with Crippen molar-refractivity contribution in [2.24, 2.45) is 11.3 Å². The molecule has 0 rings (SSSR count). The lowest BCUT2D eigenvalue weighted by Crippen LogP contribution is -2.17. The third-order valence-electron chi connectivity index (χ3n) is 2.92. The fourth-order valence-corrected chi connectivity index (χ4v) is 1.57.